The Morgan fingerprint density at radius 1 is 1.08 bits per heavy atom. The van der Waals surface area contributed by atoms with Gasteiger partial charge in [-0.1, -0.05) is 18.2 Å². The summed E-state index contributed by atoms with van der Waals surface area (Å²) < 4.78 is 49.5. The monoisotopic (exact) mass is 386 g/mol. The van der Waals surface area contributed by atoms with Crippen molar-refractivity contribution in [1.82, 2.24) is 9.21 Å². The van der Waals surface area contributed by atoms with Gasteiger partial charge >= 0.3 is 0 Å². The molecule has 138 valence electrons. The quantitative estimate of drug-likeness (QED) is 0.744. The Bertz CT molecular complexity index is 829. The van der Waals surface area contributed by atoms with Crippen molar-refractivity contribution in [2.75, 3.05) is 37.7 Å². The van der Waals surface area contributed by atoms with Gasteiger partial charge in [0.05, 0.1) is 16.4 Å². The number of nitrogens with zero attached hydrogens (tertiary/aromatic N) is 2. The molecule has 1 unspecified atom stereocenters. The van der Waals surface area contributed by atoms with E-state index in [4.69, 9.17) is 0 Å². The van der Waals surface area contributed by atoms with Crippen molar-refractivity contribution in [3.63, 3.8) is 0 Å². The molecule has 2 heterocycles. The van der Waals surface area contributed by atoms with Crippen molar-refractivity contribution in [3.8, 4) is 0 Å². The molecule has 2 fully saturated rings. The molecule has 0 radical (unpaired) electrons. The molecule has 25 heavy (non-hydrogen) atoms. The van der Waals surface area contributed by atoms with Crippen molar-refractivity contribution in [3.05, 3.63) is 30.3 Å². The van der Waals surface area contributed by atoms with Crippen LogP contribution in [0.1, 0.15) is 12.8 Å². The van der Waals surface area contributed by atoms with Crippen LogP contribution in [0.5, 0.6) is 0 Å². The topological polar surface area (TPSA) is 91.8 Å². The van der Waals surface area contributed by atoms with Gasteiger partial charge in [0.15, 0.2) is 9.84 Å². The van der Waals surface area contributed by atoms with Gasteiger partial charge in [-0.05, 0) is 24.5 Å². The molecular weight excluding hydrogens is 364 g/mol. The molecule has 3 rings (SSSR count). The summed E-state index contributed by atoms with van der Waals surface area (Å²) in [4.78, 5) is 14.3. The molecular formula is C16H22N2O5S2. The number of piperazine rings is 1. The molecule has 2 aliphatic heterocycles. The van der Waals surface area contributed by atoms with Crippen molar-refractivity contribution in [2.24, 2.45) is 5.92 Å². The number of benzene rings is 1. The summed E-state index contributed by atoms with van der Waals surface area (Å²) in [6.07, 6.45) is 0.765. The minimum absolute atomic E-state index is 0.0844. The molecule has 0 spiro atoms. The second-order valence-electron chi connectivity index (χ2n) is 6.57. The first-order chi connectivity index (χ1) is 11.8. The summed E-state index contributed by atoms with van der Waals surface area (Å²) in [6.45, 7) is 1.19. The van der Waals surface area contributed by atoms with Crippen LogP contribution in [0.4, 0.5) is 0 Å². The first kappa shape index (κ1) is 18.3. The Morgan fingerprint density at radius 2 is 1.72 bits per heavy atom. The van der Waals surface area contributed by atoms with Crippen LogP contribution in [0.25, 0.3) is 0 Å². The summed E-state index contributed by atoms with van der Waals surface area (Å²) in [6, 6.07) is 8.25. The highest BCUT2D eigenvalue weighted by Crippen LogP contribution is 2.23. The van der Waals surface area contributed by atoms with E-state index in [2.05, 4.69) is 0 Å². The second kappa shape index (κ2) is 7.05. The van der Waals surface area contributed by atoms with Crippen LogP contribution in [0.15, 0.2) is 35.2 Å². The fourth-order valence-corrected chi connectivity index (χ4v) is 6.63. The lowest BCUT2D eigenvalue weighted by molar-refractivity contribution is -0.133. The van der Waals surface area contributed by atoms with Gasteiger partial charge in [-0.25, -0.2) is 16.8 Å². The van der Waals surface area contributed by atoms with E-state index in [1.807, 2.05) is 0 Å². The number of sulfone groups is 1. The predicted octanol–water partition coefficient (Wildman–Crippen LogP) is 0.344. The predicted molar refractivity (Wildman–Crippen MR) is 93.2 cm³/mol. The van der Waals surface area contributed by atoms with E-state index in [-0.39, 0.29) is 47.7 Å². The standard InChI is InChI=1S/C16H22N2O5S2/c19-16(12-14-6-11-24(20,21)13-14)17-7-9-18(10-8-17)25(22,23)15-4-2-1-3-5-15/h1-5,14H,6-13H2. The molecule has 2 aliphatic rings. The Balaban J connectivity index is 1.56. The van der Waals surface area contributed by atoms with Gasteiger partial charge in [0, 0.05) is 32.6 Å². The Kier molecular flexibility index (Phi) is 5.17. The summed E-state index contributed by atoms with van der Waals surface area (Å²) in [5, 5.41) is 0. The largest absolute Gasteiger partial charge is 0.340 e. The van der Waals surface area contributed by atoms with Crippen LogP contribution < -0.4 is 0 Å². The number of carbonyl (C=O) groups excluding carboxylic acids is 1. The lowest BCUT2D eigenvalue weighted by Crippen LogP contribution is -2.50. The molecule has 0 N–H and O–H groups in total. The number of sulfonamides is 1. The summed E-state index contributed by atoms with van der Waals surface area (Å²) in [5.74, 6) is 0.0530. The average molecular weight is 386 g/mol. The summed E-state index contributed by atoms with van der Waals surface area (Å²) in [5.41, 5.74) is 0. The zero-order valence-electron chi connectivity index (χ0n) is 13.9. The van der Waals surface area contributed by atoms with Gasteiger partial charge in [0.25, 0.3) is 0 Å². The van der Waals surface area contributed by atoms with Crippen molar-refractivity contribution < 1.29 is 21.6 Å². The van der Waals surface area contributed by atoms with Crippen LogP contribution in [0, 0.1) is 5.92 Å². The van der Waals surface area contributed by atoms with Crippen molar-refractivity contribution >= 4 is 25.8 Å². The molecule has 0 aliphatic carbocycles. The van der Waals surface area contributed by atoms with Crippen LogP contribution in [0.3, 0.4) is 0 Å². The first-order valence-corrected chi connectivity index (χ1v) is 11.6. The molecule has 2 saturated heterocycles. The van der Waals surface area contributed by atoms with Crippen molar-refractivity contribution in [2.45, 2.75) is 17.7 Å². The molecule has 1 aromatic carbocycles. The van der Waals surface area contributed by atoms with Gasteiger partial charge in [-0.15, -0.1) is 0 Å². The van der Waals surface area contributed by atoms with E-state index >= 15 is 0 Å². The Labute approximate surface area is 148 Å². The number of rotatable bonds is 4. The SMILES string of the molecule is O=C(CC1CCS(=O)(=O)C1)N1CCN(S(=O)(=O)c2ccccc2)CC1. The van der Waals surface area contributed by atoms with E-state index in [1.165, 1.54) is 4.31 Å². The fraction of sp³-hybridized carbons (Fsp3) is 0.562. The molecule has 1 aromatic rings. The van der Waals surface area contributed by atoms with E-state index in [9.17, 15) is 21.6 Å². The highest BCUT2D eigenvalue weighted by Gasteiger charge is 2.33. The van der Waals surface area contributed by atoms with Gasteiger partial charge in [0.1, 0.15) is 0 Å². The molecule has 0 bridgehead atoms. The van der Waals surface area contributed by atoms with E-state index in [0.29, 0.717) is 19.5 Å². The first-order valence-electron chi connectivity index (χ1n) is 8.31. The normalized spacial score (nSPS) is 24.3. The van der Waals surface area contributed by atoms with Gasteiger partial charge in [-0.3, -0.25) is 4.79 Å². The number of carbonyl (C=O) groups is 1. The van der Waals surface area contributed by atoms with Gasteiger partial charge in [-0.2, -0.15) is 4.31 Å². The van der Waals surface area contributed by atoms with Gasteiger partial charge in [0.2, 0.25) is 15.9 Å². The highest BCUT2D eigenvalue weighted by atomic mass is 32.2. The Hall–Kier alpha value is -1.45. The van der Waals surface area contributed by atoms with Gasteiger partial charge < -0.3 is 4.90 Å². The Morgan fingerprint density at radius 3 is 2.28 bits per heavy atom. The molecule has 1 atom stereocenters. The smallest absolute Gasteiger partial charge is 0.243 e. The number of amides is 1. The fourth-order valence-electron chi connectivity index (χ4n) is 3.33. The summed E-state index contributed by atoms with van der Waals surface area (Å²) >= 11 is 0. The van der Waals surface area contributed by atoms with Crippen molar-refractivity contribution in [1.29, 1.82) is 0 Å². The third-order valence-electron chi connectivity index (χ3n) is 4.76. The highest BCUT2D eigenvalue weighted by molar-refractivity contribution is 7.91. The summed E-state index contributed by atoms with van der Waals surface area (Å²) in [7, 11) is -6.52. The zero-order chi connectivity index (χ0) is 18.1. The minimum atomic E-state index is -3.53. The molecule has 0 aromatic heterocycles. The maximum absolute atomic E-state index is 12.6. The van der Waals surface area contributed by atoms with Crippen LogP contribution in [-0.4, -0.2) is 69.6 Å². The molecule has 9 heteroatoms. The van der Waals surface area contributed by atoms with Crippen LogP contribution >= 0.6 is 0 Å². The number of hydrogen-bond donors (Lipinski definition) is 0. The van der Waals surface area contributed by atoms with E-state index < -0.39 is 19.9 Å². The maximum atomic E-state index is 12.6. The lowest BCUT2D eigenvalue weighted by atomic mass is 10.0. The van der Waals surface area contributed by atoms with E-state index in [0.717, 1.165) is 0 Å². The maximum Gasteiger partial charge on any atom is 0.243 e. The van der Waals surface area contributed by atoms with Crippen LogP contribution in [-0.2, 0) is 24.7 Å². The average Bonchev–Trinajstić information content (AvgIpc) is 2.94. The van der Waals surface area contributed by atoms with Crippen LogP contribution in [0.2, 0.25) is 0 Å². The third kappa shape index (κ3) is 4.21. The zero-order valence-corrected chi connectivity index (χ0v) is 15.5. The lowest BCUT2D eigenvalue weighted by Gasteiger charge is -2.34. The molecule has 0 saturated carbocycles. The minimum Gasteiger partial charge on any atom is -0.340 e. The number of hydrogen-bond acceptors (Lipinski definition) is 5. The van der Waals surface area contributed by atoms with E-state index in [1.54, 1.807) is 35.2 Å². The second-order valence-corrected chi connectivity index (χ2v) is 10.7. The molecule has 1 amide bonds. The third-order valence-corrected chi connectivity index (χ3v) is 8.51. The molecule has 7 nitrogen and oxygen atoms in total.